The number of hydrogen-bond donors (Lipinski definition) is 2. The number of aliphatic carboxylic acids is 1. The third-order valence-electron chi connectivity index (χ3n) is 4.47. The number of carboxylic acid groups (broad SMARTS) is 1. The van der Waals surface area contributed by atoms with Crippen molar-refractivity contribution in [2.24, 2.45) is 0 Å². The van der Waals surface area contributed by atoms with Gasteiger partial charge in [-0.2, -0.15) is 9.82 Å². The largest absolute Gasteiger partial charge is 0.480 e. The summed E-state index contributed by atoms with van der Waals surface area (Å²) in [6.07, 6.45) is 3.21. The highest BCUT2D eigenvalue weighted by Crippen LogP contribution is 2.52. The quantitative estimate of drug-likeness (QED) is 0.634. The van der Waals surface area contributed by atoms with Gasteiger partial charge in [0, 0.05) is 5.92 Å². The van der Waals surface area contributed by atoms with Gasteiger partial charge in [0.05, 0.1) is 17.4 Å². The maximum Gasteiger partial charge on any atom is 0.325 e. The molecular formula is C17H14ClN3O4S2. The van der Waals surface area contributed by atoms with E-state index in [9.17, 15) is 18.3 Å². The molecule has 27 heavy (non-hydrogen) atoms. The van der Waals surface area contributed by atoms with Crippen molar-refractivity contribution in [1.82, 2.24) is 14.5 Å². The van der Waals surface area contributed by atoms with E-state index in [1.807, 2.05) is 6.07 Å². The van der Waals surface area contributed by atoms with Crippen LogP contribution in [0.4, 0.5) is 0 Å². The molecule has 1 saturated carbocycles. The van der Waals surface area contributed by atoms with Gasteiger partial charge in [0.2, 0.25) is 0 Å². The first-order chi connectivity index (χ1) is 12.8. The van der Waals surface area contributed by atoms with E-state index in [4.69, 9.17) is 11.6 Å². The van der Waals surface area contributed by atoms with E-state index in [0.29, 0.717) is 10.0 Å². The van der Waals surface area contributed by atoms with Crippen molar-refractivity contribution >= 4 is 38.9 Å². The molecule has 7 nitrogen and oxygen atoms in total. The number of nitrogens with zero attached hydrogens (tertiary/aromatic N) is 2. The van der Waals surface area contributed by atoms with Crippen LogP contribution in [0.15, 0.2) is 59.1 Å². The Hall–Kier alpha value is -2.20. The number of benzene rings is 1. The summed E-state index contributed by atoms with van der Waals surface area (Å²) in [5.74, 6) is -1.59. The van der Waals surface area contributed by atoms with Gasteiger partial charge in [0.25, 0.3) is 10.0 Å². The van der Waals surface area contributed by atoms with Crippen LogP contribution < -0.4 is 4.72 Å². The number of sulfonamides is 1. The van der Waals surface area contributed by atoms with Gasteiger partial charge in [-0.15, -0.1) is 11.3 Å². The number of carbonyl (C=O) groups is 1. The Bertz CT molecular complexity index is 1110. The van der Waals surface area contributed by atoms with Crippen LogP contribution >= 0.6 is 22.9 Å². The van der Waals surface area contributed by atoms with Gasteiger partial charge in [0.1, 0.15) is 14.7 Å². The summed E-state index contributed by atoms with van der Waals surface area (Å²) in [6, 6.07) is 12.0. The predicted molar refractivity (Wildman–Crippen MR) is 101 cm³/mol. The molecule has 0 spiro atoms. The summed E-state index contributed by atoms with van der Waals surface area (Å²) in [6.45, 7) is 0. The molecule has 1 fully saturated rings. The Kier molecular flexibility index (Phi) is 4.34. The second-order valence-corrected chi connectivity index (χ2v) is 9.65. The summed E-state index contributed by atoms with van der Waals surface area (Å²) in [4.78, 5) is 11.9. The molecule has 0 unspecified atom stereocenters. The topological polar surface area (TPSA) is 101 Å². The minimum absolute atomic E-state index is 0.0171. The van der Waals surface area contributed by atoms with E-state index in [-0.39, 0.29) is 10.6 Å². The van der Waals surface area contributed by atoms with Gasteiger partial charge in [0.15, 0.2) is 0 Å². The van der Waals surface area contributed by atoms with Gasteiger partial charge in [-0.3, -0.25) is 4.79 Å². The molecule has 1 aromatic carbocycles. The molecule has 2 atom stereocenters. The fourth-order valence-corrected chi connectivity index (χ4v) is 5.80. The fourth-order valence-electron chi connectivity index (χ4n) is 3.03. The second kappa shape index (κ2) is 6.45. The molecule has 0 bridgehead atoms. The van der Waals surface area contributed by atoms with Crippen LogP contribution in [0.3, 0.4) is 0 Å². The van der Waals surface area contributed by atoms with E-state index < -0.39 is 27.4 Å². The normalized spacial score (nSPS) is 21.9. The third kappa shape index (κ3) is 3.27. The zero-order chi connectivity index (χ0) is 19.2. The Morgan fingerprint density at radius 1 is 1.30 bits per heavy atom. The summed E-state index contributed by atoms with van der Waals surface area (Å²) < 4.78 is 29.5. The molecule has 3 aromatic rings. The van der Waals surface area contributed by atoms with Crippen LogP contribution in [-0.2, 0) is 14.8 Å². The van der Waals surface area contributed by atoms with E-state index >= 15 is 0 Å². The van der Waals surface area contributed by atoms with Crippen molar-refractivity contribution in [2.75, 3.05) is 0 Å². The highest BCUT2D eigenvalue weighted by molar-refractivity contribution is 7.91. The lowest BCUT2D eigenvalue weighted by Crippen LogP contribution is -2.44. The highest BCUT2D eigenvalue weighted by Gasteiger charge is 2.63. The van der Waals surface area contributed by atoms with E-state index in [0.717, 1.165) is 16.9 Å². The molecular weight excluding hydrogens is 410 g/mol. The highest BCUT2D eigenvalue weighted by atomic mass is 35.5. The molecule has 1 aliphatic carbocycles. The molecule has 2 N–H and O–H groups in total. The van der Waals surface area contributed by atoms with Gasteiger partial charge < -0.3 is 5.11 Å². The maximum absolute atomic E-state index is 12.8. The van der Waals surface area contributed by atoms with Crippen molar-refractivity contribution in [2.45, 2.75) is 22.1 Å². The van der Waals surface area contributed by atoms with Gasteiger partial charge in [-0.05, 0) is 24.1 Å². The molecule has 140 valence electrons. The zero-order valence-corrected chi connectivity index (χ0v) is 16.1. The smallest absolute Gasteiger partial charge is 0.325 e. The molecule has 2 aromatic heterocycles. The summed E-state index contributed by atoms with van der Waals surface area (Å²) in [5.41, 5.74) is -0.736. The van der Waals surface area contributed by atoms with Crippen molar-refractivity contribution in [3.8, 4) is 5.00 Å². The molecule has 0 radical (unpaired) electrons. The lowest BCUT2D eigenvalue weighted by atomic mass is 10.1. The third-order valence-corrected chi connectivity index (χ3v) is 7.74. The Labute approximate surface area is 164 Å². The molecule has 0 saturated heterocycles. The average Bonchev–Trinajstić information content (AvgIpc) is 2.98. The van der Waals surface area contributed by atoms with E-state index in [1.54, 1.807) is 36.5 Å². The van der Waals surface area contributed by atoms with E-state index in [2.05, 4.69) is 9.82 Å². The van der Waals surface area contributed by atoms with Crippen molar-refractivity contribution in [3.05, 3.63) is 65.4 Å². The summed E-state index contributed by atoms with van der Waals surface area (Å²) in [5, 5.41) is 14.7. The molecule has 4 rings (SSSR count). The van der Waals surface area contributed by atoms with Crippen LogP contribution in [-0.4, -0.2) is 34.8 Å². The Morgan fingerprint density at radius 2 is 2.04 bits per heavy atom. The van der Waals surface area contributed by atoms with Crippen LogP contribution in [0.2, 0.25) is 5.02 Å². The number of aromatic nitrogens is 2. The van der Waals surface area contributed by atoms with Crippen LogP contribution in [0.1, 0.15) is 17.9 Å². The first kappa shape index (κ1) is 18.2. The lowest BCUT2D eigenvalue weighted by molar-refractivity contribution is -0.140. The molecule has 0 aliphatic heterocycles. The lowest BCUT2D eigenvalue weighted by Gasteiger charge is -2.14. The molecule has 2 heterocycles. The Balaban J connectivity index is 1.61. The van der Waals surface area contributed by atoms with Crippen molar-refractivity contribution in [3.63, 3.8) is 0 Å². The number of halogens is 1. The number of nitrogens with one attached hydrogen (secondary N) is 1. The van der Waals surface area contributed by atoms with Gasteiger partial charge in [-0.25, -0.2) is 13.1 Å². The number of thiophene rings is 1. The predicted octanol–water partition coefficient (Wildman–Crippen LogP) is 2.88. The second-order valence-electron chi connectivity index (χ2n) is 6.25. The van der Waals surface area contributed by atoms with Gasteiger partial charge >= 0.3 is 5.97 Å². The van der Waals surface area contributed by atoms with Crippen LogP contribution in [0.25, 0.3) is 5.00 Å². The standard InChI is InChI=1S/C17H14ClN3O4S2/c18-12-9-19-21(10-12)14-6-7-15(26-14)27(24,25)20-17(16(22)23)8-13(17)11-4-2-1-3-5-11/h1-7,9-10,13,20H,8H2,(H,22,23)/t13-,17+/m1/s1. The van der Waals surface area contributed by atoms with Gasteiger partial charge in [-0.1, -0.05) is 41.9 Å². The maximum atomic E-state index is 12.8. The minimum atomic E-state index is -4.01. The summed E-state index contributed by atoms with van der Waals surface area (Å²) >= 11 is 6.82. The Morgan fingerprint density at radius 3 is 2.67 bits per heavy atom. The first-order valence-electron chi connectivity index (χ1n) is 7.94. The fraction of sp³-hybridized carbons (Fsp3) is 0.176. The van der Waals surface area contributed by atoms with Crippen molar-refractivity contribution < 1.29 is 18.3 Å². The van der Waals surface area contributed by atoms with Crippen molar-refractivity contribution in [1.29, 1.82) is 0 Å². The van der Waals surface area contributed by atoms with E-state index in [1.165, 1.54) is 16.9 Å². The number of rotatable bonds is 6. The SMILES string of the molecule is O=C(O)[C@]1(NS(=O)(=O)c2ccc(-n3cc(Cl)cn3)s2)C[C@@H]1c1ccccc1. The molecule has 1 aliphatic rings. The average molecular weight is 424 g/mol. The summed E-state index contributed by atoms with van der Waals surface area (Å²) in [7, 11) is -4.01. The number of carboxylic acids is 1. The van der Waals surface area contributed by atoms with Crippen LogP contribution in [0, 0.1) is 0 Å². The monoisotopic (exact) mass is 423 g/mol. The zero-order valence-electron chi connectivity index (χ0n) is 13.7. The molecule has 10 heteroatoms. The molecule has 0 amide bonds. The van der Waals surface area contributed by atoms with Crippen LogP contribution in [0.5, 0.6) is 0 Å². The minimum Gasteiger partial charge on any atom is -0.480 e. The first-order valence-corrected chi connectivity index (χ1v) is 10.6. The number of hydrogen-bond acceptors (Lipinski definition) is 5.